The van der Waals surface area contributed by atoms with Gasteiger partial charge in [-0.15, -0.1) is 15.3 Å². The highest BCUT2D eigenvalue weighted by molar-refractivity contribution is 5.57. The summed E-state index contributed by atoms with van der Waals surface area (Å²) in [4.78, 5) is 7.39. The molecule has 1 unspecified atom stereocenters. The van der Waals surface area contributed by atoms with Gasteiger partial charge in [0.15, 0.2) is 17.1 Å². The smallest absolute Gasteiger partial charge is 0.275 e. The van der Waals surface area contributed by atoms with Crippen molar-refractivity contribution < 1.29 is 18.7 Å². The van der Waals surface area contributed by atoms with Crippen molar-refractivity contribution in [1.29, 1.82) is 0 Å². The second kappa shape index (κ2) is 8.33. The fraction of sp³-hybridized carbons (Fsp3) is 0.435. The molecule has 0 aliphatic carbocycles. The predicted molar refractivity (Wildman–Crippen MR) is 120 cm³/mol. The van der Waals surface area contributed by atoms with Crippen LogP contribution in [0, 0.1) is 6.92 Å². The number of aryl methyl sites for hydroxylation is 1. The summed E-state index contributed by atoms with van der Waals surface area (Å²) >= 11 is 0. The van der Waals surface area contributed by atoms with Gasteiger partial charge in [0.25, 0.3) is 5.88 Å². The molecule has 0 spiro atoms. The van der Waals surface area contributed by atoms with Crippen molar-refractivity contribution in [2.24, 2.45) is 0 Å². The standard InChI is InChI=1S/C23H25N7O4/c1-13-8-19(28-34-13)22-26-25-21-9-20(31-3)23(27-30(21)22)33-14(2)17-5-4-15-10-29(16-11-32-12-16)7-6-18(15)24-17/h4-5,8-9,14,16H,6-7,10-12H2,1-3H3. The van der Waals surface area contributed by atoms with E-state index in [0.717, 1.165) is 44.1 Å². The Morgan fingerprint density at radius 3 is 2.79 bits per heavy atom. The maximum atomic E-state index is 6.23. The van der Waals surface area contributed by atoms with Crippen LogP contribution in [0.25, 0.3) is 17.2 Å². The van der Waals surface area contributed by atoms with E-state index in [2.05, 4.69) is 31.4 Å². The van der Waals surface area contributed by atoms with E-state index in [1.165, 1.54) is 5.56 Å². The lowest BCUT2D eigenvalue weighted by atomic mass is 10.0. The molecule has 176 valence electrons. The van der Waals surface area contributed by atoms with Crippen molar-refractivity contribution in [3.8, 4) is 23.1 Å². The van der Waals surface area contributed by atoms with Crippen molar-refractivity contribution in [3.05, 3.63) is 47.0 Å². The van der Waals surface area contributed by atoms with Crippen LogP contribution in [0.5, 0.6) is 11.6 Å². The summed E-state index contributed by atoms with van der Waals surface area (Å²) in [6.45, 7) is 7.34. The summed E-state index contributed by atoms with van der Waals surface area (Å²) in [7, 11) is 1.57. The van der Waals surface area contributed by atoms with Crippen LogP contribution >= 0.6 is 0 Å². The Hall–Kier alpha value is -3.57. The third kappa shape index (κ3) is 3.66. The van der Waals surface area contributed by atoms with Gasteiger partial charge in [-0.3, -0.25) is 9.88 Å². The van der Waals surface area contributed by atoms with Gasteiger partial charge in [0.2, 0.25) is 5.82 Å². The molecule has 4 aromatic heterocycles. The van der Waals surface area contributed by atoms with Crippen molar-refractivity contribution in [1.82, 2.24) is 34.9 Å². The zero-order chi connectivity index (χ0) is 23.2. The predicted octanol–water partition coefficient (Wildman–Crippen LogP) is 2.39. The third-order valence-electron chi connectivity index (χ3n) is 6.34. The summed E-state index contributed by atoms with van der Waals surface area (Å²) in [6.07, 6.45) is 0.581. The van der Waals surface area contributed by atoms with Gasteiger partial charge >= 0.3 is 0 Å². The molecule has 2 aliphatic heterocycles. The van der Waals surface area contributed by atoms with Gasteiger partial charge in [-0.05, 0) is 25.5 Å². The second-order valence-corrected chi connectivity index (χ2v) is 8.65. The lowest BCUT2D eigenvalue weighted by Gasteiger charge is -2.39. The molecule has 1 atom stereocenters. The Balaban J connectivity index is 1.26. The van der Waals surface area contributed by atoms with Crippen LogP contribution < -0.4 is 9.47 Å². The minimum atomic E-state index is -0.337. The molecule has 0 aromatic carbocycles. The number of fused-ring (bicyclic) bond motifs is 2. The zero-order valence-electron chi connectivity index (χ0n) is 19.3. The zero-order valence-corrected chi connectivity index (χ0v) is 19.3. The van der Waals surface area contributed by atoms with Crippen molar-refractivity contribution in [2.75, 3.05) is 26.9 Å². The minimum Gasteiger partial charge on any atom is -0.491 e. The van der Waals surface area contributed by atoms with E-state index < -0.39 is 0 Å². The first-order valence-electron chi connectivity index (χ1n) is 11.3. The van der Waals surface area contributed by atoms with Crippen LogP contribution in [0.4, 0.5) is 0 Å². The lowest BCUT2D eigenvalue weighted by molar-refractivity contribution is -0.0697. The van der Waals surface area contributed by atoms with Crippen LogP contribution in [0.2, 0.25) is 0 Å². The average Bonchev–Trinajstić information content (AvgIpc) is 3.42. The summed E-state index contributed by atoms with van der Waals surface area (Å²) in [5.74, 6) is 1.92. The molecule has 0 saturated carbocycles. The normalized spacial score (nSPS) is 17.4. The Kier molecular flexibility index (Phi) is 5.15. The molecule has 4 aromatic rings. The second-order valence-electron chi connectivity index (χ2n) is 8.65. The molecule has 2 aliphatic rings. The molecular formula is C23H25N7O4. The summed E-state index contributed by atoms with van der Waals surface area (Å²) in [5.41, 5.74) is 4.30. The van der Waals surface area contributed by atoms with Crippen LogP contribution in [-0.2, 0) is 17.7 Å². The molecular weight excluding hydrogens is 438 g/mol. The van der Waals surface area contributed by atoms with Crippen LogP contribution in [0.3, 0.4) is 0 Å². The topological polar surface area (TPSA) is 113 Å². The highest BCUT2D eigenvalue weighted by Gasteiger charge is 2.29. The number of ether oxygens (including phenoxy) is 3. The molecule has 11 heteroatoms. The number of rotatable bonds is 6. The Bertz CT molecular complexity index is 1350. The van der Waals surface area contributed by atoms with Crippen LogP contribution in [0.1, 0.15) is 35.7 Å². The van der Waals surface area contributed by atoms with Crippen molar-refractivity contribution >= 4 is 5.65 Å². The van der Waals surface area contributed by atoms with E-state index in [4.69, 9.17) is 23.7 Å². The quantitative estimate of drug-likeness (QED) is 0.422. The molecule has 34 heavy (non-hydrogen) atoms. The minimum absolute atomic E-state index is 0.319. The maximum absolute atomic E-state index is 6.23. The number of pyridine rings is 1. The van der Waals surface area contributed by atoms with Crippen LogP contribution in [-0.4, -0.2) is 67.8 Å². The van der Waals surface area contributed by atoms with Gasteiger partial charge in [0.05, 0.1) is 32.1 Å². The number of hydrogen-bond acceptors (Lipinski definition) is 10. The van der Waals surface area contributed by atoms with E-state index in [0.29, 0.717) is 40.6 Å². The third-order valence-corrected chi connectivity index (χ3v) is 6.34. The number of aromatic nitrogens is 6. The fourth-order valence-electron chi connectivity index (χ4n) is 4.31. The molecule has 0 radical (unpaired) electrons. The molecule has 11 nitrogen and oxygen atoms in total. The number of nitrogens with zero attached hydrogens (tertiary/aromatic N) is 7. The summed E-state index contributed by atoms with van der Waals surface area (Å²) in [6, 6.07) is 8.23. The fourth-order valence-corrected chi connectivity index (χ4v) is 4.31. The van der Waals surface area contributed by atoms with E-state index in [1.807, 2.05) is 19.9 Å². The highest BCUT2D eigenvalue weighted by atomic mass is 16.5. The number of methoxy groups -OCH3 is 1. The van der Waals surface area contributed by atoms with E-state index in [9.17, 15) is 0 Å². The molecule has 6 rings (SSSR count). The van der Waals surface area contributed by atoms with Gasteiger partial charge in [-0.1, -0.05) is 11.2 Å². The first-order chi connectivity index (χ1) is 16.6. The van der Waals surface area contributed by atoms with E-state index in [-0.39, 0.29) is 6.10 Å². The monoisotopic (exact) mass is 463 g/mol. The van der Waals surface area contributed by atoms with E-state index >= 15 is 0 Å². The van der Waals surface area contributed by atoms with Gasteiger partial charge in [0, 0.05) is 37.3 Å². The Morgan fingerprint density at radius 1 is 1.18 bits per heavy atom. The Labute approximate surface area is 195 Å². The molecule has 6 heterocycles. The van der Waals surface area contributed by atoms with Gasteiger partial charge in [0.1, 0.15) is 11.9 Å². The number of hydrogen-bond donors (Lipinski definition) is 0. The van der Waals surface area contributed by atoms with Gasteiger partial charge in [-0.2, -0.15) is 4.52 Å². The van der Waals surface area contributed by atoms with Gasteiger partial charge in [-0.25, -0.2) is 0 Å². The van der Waals surface area contributed by atoms with E-state index in [1.54, 1.807) is 23.8 Å². The summed E-state index contributed by atoms with van der Waals surface area (Å²) < 4.78 is 23.8. The Morgan fingerprint density at radius 2 is 2.06 bits per heavy atom. The highest BCUT2D eigenvalue weighted by Crippen LogP contribution is 2.31. The SMILES string of the molecule is COc1cc2nnc(-c3cc(C)on3)n2nc1OC(C)c1ccc2c(n1)CCN(C1COC1)C2. The first-order valence-corrected chi connectivity index (χ1v) is 11.3. The average molecular weight is 463 g/mol. The van der Waals surface area contributed by atoms with Crippen molar-refractivity contribution in [2.45, 2.75) is 39.0 Å². The van der Waals surface area contributed by atoms with Crippen molar-refractivity contribution in [3.63, 3.8) is 0 Å². The van der Waals surface area contributed by atoms with Gasteiger partial charge < -0.3 is 18.7 Å². The molecule has 0 amide bonds. The molecule has 1 saturated heterocycles. The summed E-state index contributed by atoms with van der Waals surface area (Å²) in [5, 5.41) is 17.0. The maximum Gasteiger partial charge on any atom is 0.275 e. The molecule has 0 N–H and O–H groups in total. The molecule has 0 bridgehead atoms. The largest absolute Gasteiger partial charge is 0.491 e. The first kappa shape index (κ1) is 21.0. The lowest BCUT2D eigenvalue weighted by Crippen LogP contribution is -2.50. The molecule has 1 fully saturated rings. The van der Waals surface area contributed by atoms with Crippen LogP contribution in [0.15, 0.2) is 28.8 Å².